The van der Waals surface area contributed by atoms with Crippen LogP contribution in [0.2, 0.25) is 0 Å². The zero-order chi connectivity index (χ0) is 29.5. The first-order valence-electron chi connectivity index (χ1n) is 13.2. The normalized spacial score (nSPS) is 17.6. The van der Waals surface area contributed by atoms with Crippen molar-refractivity contribution in [3.8, 4) is 0 Å². The van der Waals surface area contributed by atoms with Crippen LogP contribution in [0.25, 0.3) is 16.5 Å². The van der Waals surface area contributed by atoms with Gasteiger partial charge in [0.1, 0.15) is 17.5 Å². The SMILES string of the molecule is Cc1nc(N[C@H](C)c2cccc(C(F)F)c2F)c2cn(N3CCOCC3)c(=O)c(C3=CCN(S(C)(=O)=O)CC3)c2n1. The molecule has 0 bridgehead atoms. The van der Waals surface area contributed by atoms with Crippen LogP contribution in [-0.2, 0) is 14.8 Å². The highest BCUT2D eigenvalue weighted by Crippen LogP contribution is 2.33. The number of halogens is 3. The monoisotopic (exact) mass is 592 g/mol. The smallest absolute Gasteiger partial charge is 0.278 e. The molecule has 1 N–H and O–H groups in total. The summed E-state index contributed by atoms with van der Waals surface area (Å²) >= 11 is 0. The maximum absolute atomic E-state index is 15.0. The standard InChI is InChI=1S/C27H31F3N6O4S/c1-16(19-5-4-6-20(23(19)28)25(29)30)31-26-21-15-36(34-11-13-40-14-12-34)27(37)22(24(21)32-17(2)33-26)18-7-9-35(10-8-18)41(3,38)39/h4-7,15-16,25H,8-14H2,1-3H3,(H,31,32,33)/t16-/m1/s1. The molecule has 4 heterocycles. The van der Waals surface area contributed by atoms with Crippen molar-refractivity contribution < 1.29 is 26.3 Å². The number of hydrogen-bond donors (Lipinski definition) is 1. The number of anilines is 1. The molecule has 41 heavy (non-hydrogen) atoms. The van der Waals surface area contributed by atoms with Gasteiger partial charge in [-0.2, -0.15) is 4.31 Å². The quantitative estimate of drug-likeness (QED) is 0.445. The van der Waals surface area contributed by atoms with Gasteiger partial charge in [-0.15, -0.1) is 0 Å². The summed E-state index contributed by atoms with van der Waals surface area (Å²) in [4.78, 5) is 23.1. The van der Waals surface area contributed by atoms with Crippen LogP contribution in [0.5, 0.6) is 0 Å². The fourth-order valence-corrected chi connectivity index (χ4v) is 5.97. The lowest BCUT2D eigenvalue weighted by molar-refractivity contribution is 0.110. The summed E-state index contributed by atoms with van der Waals surface area (Å²) < 4.78 is 74.1. The molecule has 0 radical (unpaired) electrons. The van der Waals surface area contributed by atoms with Crippen LogP contribution in [0.3, 0.4) is 0 Å². The van der Waals surface area contributed by atoms with E-state index in [0.717, 1.165) is 12.3 Å². The molecule has 2 aliphatic rings. The van der Waals surface area contributed by atoms with Crippen molar-refractivity contribution >= 4 is 32.3 Å². The average Bonchev–Trinajstić information content (AvgIpc) is 2.92. The third-order valence-corrected chi connectivity index (χ3v) is 8.60. The number of hydrogen-bond acceptors (Lipinski definition) is 8. The van der Waals surface area contributed by atoms with Crippen molar-refractivity contribution in [2.45, 2.75) is 32.7 Å². The lowest BCUT2D eigenvalue weighted by Gasteiger charge is -2.31. The Labute approximate surface area is 235 Å². The molecule has 1 atom stereocenters. The molecule has 2 aromatic heterocycles. The van der Waals surface area contributed by atoms with Gasteiger partial charge in [0.25, 0.3) is 12.0 Å². The van der Waals surface area contributed by atoms with Gasteiger partial charge in [0.15, 0.2) is 0 Å². The first-order valence-corrected chi connectivity index (χ1v) is 15.0. The number of alkyl halides is 2. The van der Waals surface area contributed by atoms with Crippen LogP contribution >= 0.6 is 0 Å². The molecule has 1 aromatic carbocycles. The zero-order valence-corrected chi connectivity index (χ0v) is 23.7. The van der Waals surface area contributed by atoms with Gasteiger partial charge in [0.2, 0.25) is 10.0 Å². The number of rotatable bonds is 7. The van der Waals surface area contributed by atoms with Crippen LogP contribution in [0, 0.1) is 12.7 Å². The minimum Gasteiger partial charge on any atom is -0.378 e. The van der Waals surface area contributed by atoms with Gasteiger partial charge in [-0.05, 0) is 25.8 Å². The molecule has 0 amide bonds. The number of benzene rings is 1. The highest BCUT2D eigenvalue weighted by molar-refractivity contribution is 7.88. The van der Waals surface area contributed by atoms with Crippen LogP contribution in [0.4, 0.5) is 19.0 Å². The number of aromatic nitrogens is 3. The molecular weight excluding hydrogens is 561 g/mol. The number of pyridine rings is 1. The van der Waals surface area contributed by atoms with Crippen LogP contribution < -0.4 is 15.9 Å². The Kier molecular flexibility index (Phi) is 8.08. The number of sulfonamides is 1. The second-order valence-electron chi connectivity index (χ2n) is 10.1. The summed E-state index contributed by atoms with van der Waals surface area (Å²) in [6, 6.07) is 3.11. The molecule has 2 aliphatic heterocycles. The lowest BCUT2D eigenvalue weighted by Crippen LogP contribution is -2.49. The van der Waals surface area contributed by atoms with E-state index in [2.05, 4.69) is 15.3 Å². The van der Waals surface area contributed by atoms with E-state index < -0.39 is 33.9 Å². The van der Waals surface area contributed by atoms with E-state index in [4.69, 9.17) is 4.74 Å². The first kappa shape index (κ1) is 29.0. The van der Waals surface area contributed by atoms with E-state index in [-0.39, 0.29) is 24.2 Å². The average molecular weight is 593 g/mol. The van der Waals surface area contributed by atoms with Crippen molar-refractivity contribution in [2.75, 3.05) is 56.0 Å². The number of ether oxygens (including phenoxy) is 1. The minimum atomic E-state index is -3.40. The lowest BCUT2D eigenvalue weighted by atomic mass is 9.99. The van der Waals surface area contributed by atoms with E-state index in [1.165, 1.54) is 21.1 Å². The minimum absolute atomic E-state index is 0.0461. The third-order valence-electron chi connectivity index (χ3n) is 7.34. The van der Waals surface area contributed by atoms with Crippen molar-refractivity contribution in [1.82, 2.24) is 18.9 Å². The fourth-order valence-electron chi connectivity index (χ4n) is 5.20. The largest absolute Gasteiger partial charge is 0.378 e. The third kappa shape index (κ3) is 5.81. The van der Waals surface area contributed by atoms with Gasteiger partial charge in [-0.3, -0.25) is 4.79 Å². The molecule has 0 spiro atoms. The molecule has 0 unspecified atom stereocenters. The van der Waals surface area contributed by atoms with Crippen LogP contribution in [-0.4, -0.2) is 73.0 Å². The van der Waals surface area contributed by atoms with Gasteiger partial charge in [0, 0.05) is 24.8 Å². The van der Waals surface area contributed by atoms with Gasteiger partial charge in [0.05, 0.1) is 60.6 Å². The number of nitrogens with one attached hydrogen (secondary N) is 1. The van der Waals surface area contributed by atoms with Crippen LogP contribution in [0.1, 0.15) is 48.3 Å². The topological polar surface area (TPSA) is 110 Å². The number of aryl methyl sites for hydroxylation is 1. The predicted octanol–water partition coefficient (Wildman–Crippen LogP) is 3.37. The van der Waals surface area contributed by atoms with E-state index in [1.54, 1.807) is 26.1 Å². The van der Waals surface area contributed by atoms with Crippen molar-refractivity contribution in [3.63, 3.8) is 0 Å². The Morgan fingerprint density at radius 3 is 2.44 bits per heavy atom. The Balaban J connectivity index is 1.66. The molecule has 0 aliphatic carbocycles. The van der Waals surface area contributed by atoms with Gasteiger partial charge >= 0.3 is 0 Å². The maximum Gasteiger partial charge on any atom is 0.278 e. The number of nitrogens with zero attached hydrogens (tertiary/aromatic N) is 5. The second-order valence-corrected chi connectivity index (χ2v) is 12.1. The van der Waals surface area contributed by atoms with E-state index in [1.807, 2.05) is 5.01 Å². The Morgan fingerprint density at radius 1 is 1.10 bits per heavy atom. The molecule has 14 heteroatoms. The summed E-state index contributed by atoms with van der Waals surface area (Å²) in [5, 5.41) is 5.47. The molecule has 0 saturated carbocycles. The molecule has 3 aromatic rings. The highest BCUT2D eigenvalue weighted by Gasteiger charge is 2.27. The van der Waals surface area contributed by atoms with Gasteiger partial charge < -0.3 is 15.1 Å². The summed E-state index contributed by atoms with van der Waals surface area (Å²) in [5.41, 5.74) is 0.402. The second kappa shape index (κ2) is 11.4. The Morgan fingerprint density at radius 2 is 1.80 bits per heavy atom. The van der Waals surface area contributed by atoms with E-state index >= 15 is 0 Å². The summed E-state index contributed by atoms with van der Waals surface area (Å²) in [7, 11) is -3.40. The van der Waals surface area contributed by atoms with Crippen molar-refractivity contribution in [2.24, 2.45) is 0 Å². The van der Waals surface area contributed by atoms with E-state index in [9.17, 15) is 26.4 Å². The zero-order valence-electron chi connectivity index (χ0n) is 22.9. The first-order chi connectivity index (χ1) is 19.5. The Bertz CT molecular complexity index is 1670. The molecule has 220 valence electrons. The number of morpholine rings is 1. The van der Waals surface area contributed by atoms with E-state index in [0.29, 0.717) is 66.4 Å². The van der Waals surface area contributed by atoms with Crippen molar-refractivity contribution in [1.29, 1.82) is 0 Å². The van der Waals surface area contributed by atoms with Crippen LogP contribution in [0.15, 0.2) is 35.3 Å². The molecule has 10 nitrogen and oxygen atoms in total. The Hall–Kier alpha value is -3.49. The van der Waals surface area contributed by atoms with Crippen molar-refractivity contribution in [3.05, 3.63) is 69.2 Å². The summed E-state index contributed by atoms with van der Waals surface area (Å²) in [6.45, 7) is 5.41. The number of fused-ring (bicyclic) bond motifs is 1. The van der Waals surface area contributed by atoms with Gasteiger partial charge in [-0.25, -0.2) is 36.2 Å². The maximum atomic E-state index is 15.0. The summed E-state index contributed by atoms with van der Waals surface area (Å²) in [6.07, 6.45) is 1.84. The molecule has 5 rings (SSSR count). The predicted molar refractivity (Wildman–Crippen MR) is 150 cm³/mol. The summed E-state index contributed by atoms with van der Waals surface area (Å²) in [5.74, 6) is -0.349. The molecule has 1 saturated heterocycles. The van der Waals surface area contributed by atoms with Gasteiger partial charge in [-0.1, -0.05) is 24.3 Å². The molecule has 1 fully saturated rings. The fraction of sp³-hybridized carbons (Fsp3) is 0.444. The highest BCUT2D eigenvalue weighted by atomic mass is 32.2. The molecular formula is C27H31F3N6O4S.